The molecule has 0 fully saturated rings. The minimum Gasteiger partial charge on any atom is -0.496 e. The van der Waals surface area contributed by atoms with Gasteiger partial charge >= 0.3 is 5.97 Å². The summed E-state index contributed by atoms with van der Waals surface area (Å²) in [6.45, 7) is -0.204. The summed E-state index contributed by atoms with van der Waals surface area (Å²) in [6.07, 6.45) is 0.590. The third-order valence-electron chi connectivity index (χ3n) is 3.27. The second kappa shape index (κ2) is 7.06. The summed E-state index contributed by atoms with van der Waals surface area (Å²) in [5.74, 6) is -0.375. The van der Waals surface area contributed by atoms with Gasteiger partial charge in [-0.1, -0.05) is 5.16 Å². The monoisotopic (exact) mass is 307 g/mol. The van der Waals surface area contributed by atoms with Crippen molar-refractivity contribution in [3.05, 3.63) is 35.1 Å². The van der Waals surface area contributed by atoms with Gasteiger partial charge in [-0.05, 0) is 18.2 Å². The van der Waals surface area contributed by atoms with E-state index in [0.29, 0.717) is 29.0 Å². The van der Waals surface area contributed by atoms with Crippen molar-refractivity contribution in [2.24, 2.45) is 0 Å². The van der Waals surface area contributed by atoms with Crippen LogP contribution >= 0.6 is 0 Å². The number of carboxylic acid groups (broad SMARTS) is 1. The molecule has 0 atom stereocenters. The molecular weight excluding hydrogens is 290 g/mol. The van der Waals surface area contributed by atoms with Crippen LogP contribution in [0.25, 0.3) is 11.3 Å². The van der Waals surface area contributed by atoms with Crippen LogP contribution in [0.1, 0.15) is 21.7 Å². The van der Waals surface area contributed by atoms with Gasteiger partial charge in [-0.25, -0.2) is 4.79 Å². The molecule has 2 rings (SSSR count). The summed E-state index contributed by atoms with van der Waals surface area (Å²) < 4.78 is 10.2. The first kappa shape index (κ1) is 16.0. The highest BCUT2D eigenvalue weighted by atomic mass is 16.5. The molecule has 7 heteroatoms. The predicted octanol–water partition coefficient (Wildman–Crippen LogP) is 1.12. The predicted molar refractivity (Wildman–Crippen MR) is 77.0 cm³/mol. The number of hydrogen-bond donors (Lipinski definition) is 3. The lowest BCUT2D eigenvalue weighted by molar-refractivity contribution is 0.0693. The molecule has 0 saturated carbocycles. The van der Waals surface area contributed by atoms with E-state index in [9.17, 15) is 15.0 Å². The lowest BCUT2D eigenvalue weighted by Crippen LogP contribution is -2.02. The van der Waals surface area contributed by atoms with E-state index in [-0.39, 0.29) is 30.9 Å². The zero-order chi connectivity index (χ0) is 16.1. The van der Waals surface area contributed by atoms with E-state index in [1.165, 1.54) is 13.2 Å². The van der Waals surface area contributed by atoms with E-state index in [2.05, 4.69) is 5.16 Å². The number of carboxylic acids is 1. The molecule has 0 aliphatic heterocycles. The molecule has 118 valence electrons. The number of benzene rings is 1. The normalized spacial score (nSPS) is 10.7. The Balaban J connectivity index is 2.51. The molecule has 0 aliphatic carbocycles. The third kappa shape index (κ3) is 3.10. The van der Waals surface area contributed by atoms with Crippen molar-refractivity contribution in [3.8, 4) is 17.0 Å². The number of carbonyl (C=O) groups is 1. The third-order valence-corrected chi connectivity index (χ3v) is 3.27. The Kier molecular flexibility index (Phi) is 5.13. The molecule has 1 heterocycles. The first-order valence-corrected chi connectivity index (χ1v) is 6.73. The van der Waals surface area contributed by atoms with Gasteiger partial charge in [0.15, 0.2) is 0 Å². The lowest BCUT2D eigenvalue weighted by Gasteiger charge is -2.07. The van der Waals surface area contributed by atoms with Crippen LogP contribution < -0.4 is 4.74 Å². The van der Waals surface area contributed by atoms with Crippen molar-refractivity contribution in [3.63, 3.8) is 0 Å². The Morgan fingerprint density at radius 2 is 2.00 bits per heavy atom. The van der Waals surface area contributed by atoms with Crippen molar-refractivity contribution < 1.29 is 29.4 Å². The average molecular weight is 307 g/mol. The molecular formula is C15H17NO6. The summed E-state index contributed by atoms with van der Waals surface area (Å²) in [7, 11) is 1.40. The molecule has 0 saturated heterocycles. The Bertz CT molecular complexity index is 664. The van der Waals surface area contributed by atoms with Crippen LogP contribution in [-0.4, -0.2) is 46.8 Å². The molecule has 3 N–H and O–H groups in total. The highest BCUT2D eigenvalue weighted by Gasteiger charge is 2.19. The van der Waals surface area contributed by atoms with Crippen molar-refractivity contribution >= 4 is 5.97 Å². The first-order chi connectivity index (χ1) is 10.6. The molecule has 0 bridgehead atoms. The summed E-state index contributed by atoms with van der Waals surface area (Å²) in [4.78, 5) is 11.3. The van der Waals surface area contributed by atoms with E-state index in [1.54, 1.807) is 12.1 Å². The van der Waals surface area contributed by atoms with Gasteiger partial charge in [0.1, 0.15) is 22.8 Å². The SMILES string of the molecule is COc1ccc(-c2noc(CCO)c2CCO)cc1C(=O)O. The maximum Gasteiger partial charge on any atom is 0.339 e. The lowest BCUT2D eigenvalue weighted by atomic mass is 10.0. The van der Waals surface area contributed by atoms with Crippen molar-refractivity contribution in [1.82, 2.24) is 5.16 Å². The molecule has 0 spiro atoms. The maximum atomic E-state index is 11.3. The Labute approximate surface area is 126 Å². The second-order valence-electron chi connectivity index (χ2n) is 4.60. The number of methoxy groups -OCH3 is 1. The summed E-state index contributed by atoms with van der Waals surface area (Å²) >= 11 is 0. The number of hydrogen-bond acceptors (Lipinski definition) is 6. The average Bonchev–Trinajstić information content (AvgIpc) is 2.90. The standard InChI is InChI=1S/C15H17NO6/c1-21-12-3-2-9(8-11(12)15(19)20)14-10(4-6-17)13(5-7-18)22-16-14/h2-3,8,17-18H,4-7H2,1H3,(H,19,20). The summed E-state index contributed by atoms with van der Waals surface area (Å²) in [5.41, 5.74) is 1.69. The first-order valence-electron chi connectivity index (χ1n) is 6.73. The largest absolute Gasteiger partial charge is 0.496 e. The van der Waals surface area contributed by atoms with Crippen molar-refractivity contribution in [2.45, 2.75) is 12.8 Å². The van der Waals surface area contributed by atoms with E-state index >= 15 is 0 Å². The number of aliphatic hydroxyl groups is 2. The molecule has 2 aromatic rings. The molecule has 22 heavy (non-hydrogen) atoms. The fourth-order valence-corrected chi connectivity index (χ4v) is 2.26. The van der Waals surface area contributed by atoms with E-state index in [1.807, 2.05) is 0 Å². The van der Waals surface area contributed by atoms with Crippen LogP contribution in [-0.2, 0) is 12.8 Å². The van der Waals surface area contributed by atoms with Crippen LogP contribution in [0.2, 0.25) is 0 Å². The van der Waals surface area contributed by atoms with Gasteiger partial charge in [0.05, 0.1) is 13.7 Å². The fraction of sp³-hybridized carbons (Fsp3) is 0.333. The quantitative estimate of drug-likeness (QED) is 0.702. The van der Waals surface area contributed by atoms with Crippen LogP contribution in [0.4, 0.5) is 0 Å². The number of aromatic carboxylic acids is 1. The molecule has 0 aliphatic rings. The van der Waals surface area contributed by atoms with Gasteiger partial charge in [0.2, 0.25) is 0 Å². The van der Waals surface area contributed by atoms with Gasteiger partial charge in [0.25, 0.3) is 0 Å². The summed E-state index contributed by atoms with van der Waals surface area (Å²) in [6, 6.07) is 4.66. The van der Waals surface area contributed by atoms with E-state index in [4.69, 9.17) is 14.4 Å². The van der Waals surface area contributed by atoms with Gasteiger partial charge < -0.3 is 24.6 Å². The topological polar surface area (TPSA) is 113 Å². The van der Waals surface area contributed by atoms with Crippen LogP contribution in [0.5, 0.6) is 5.75 Å². The molecule has 7 nitrogen and oxygen atoms in total. The minimum absolute atomic E-state index is 0.0154. The van der Waals surface area contributed by atoms with E-state index < -0.39 is 5.97 Å². The molecule has 0 amide bonds. The Hall–Kier alpha value is -2.38. The molecule has 1 aromatic carbocycles. The smallest absolute Gasteiger partial charge is 0.339 e. The highest BCUT2D eigenvalue weighted by molar-refractivity contribution is 5.92. The Morgan fingerprint density at radius 3 is 2.59 bits per heavy atom. The fourth-order valence-electron chi connectivity index (χ4n) is 2.26. The number of rotatable bonds is 7. The zero-order valence-corrected chi connectivity index (χ0v) is 12.1. The number of nitrogens with zero attached hydrogens (tertiary/aromatic N) is 1. The van der Waals surface area contributed by atoms with Crippen LogP contribution in [0, 0.1) is 0 Å². The van der Waals surface area contributed by atoms with Crippen molar-refractivity contribution in [2.75, 3.05) is 20.3 Å². The molecule has 0 radical (unpaired) electrons. The molecule has 1 aromatic heterocycles. The van der Waals surface area contributed by atoms with Crippen LogP contribution in [0.3, 0.4) is 0 Å². The number of aromatic nitrogens is 1. The summed E-state index contributed by atoms with van der Waals surface area (Å²) in [5, 5.41) is 31.4. The minimum atomic E-state index is -1.11. The van der Waals surface area contributed by atoms with Crippen molar-refractivity contribution in [1.29, 1.82) is 0 Å². The van der Waals surface area contributed by atoms with Gasteiger partial charge in [-0.15, -0.1) is 0 Å². The zero-order valence-electron chi connectivity index (χ0n) is 12.1. The van der Waals surface area contributed by atoms with Gasteiger partial charge in [0, 0.05) is 30.6 Å². The number of aliphatic hydroxyl groups excluding tert-OH is 2. The number of ether oxygens (including phenoxy) is 1. The van der Waals surface area contributed by atoms with Gasteiger partial charge in [-0.2, -0.15) is 0 Å². The highest BCUT2D eigenvalue weighted by Crippen LogP contribution is 2.30. The Morgan fingerprint density at radius 1 is 1.27 bits per heavy atom. The van der Waals surface area contributed by atoms with E-state index in [0.717, 1.165) is 0 Å². The van der Waals surface area contributed by atoms with Gasteiger partial charge in [-0.3, -0.25) is 0 Å². The molecule has 0 unspecified atom stereocenters. The van der Waals surface area contributed by atoms with Crippen LogP contribution in [0.15, 0.2) is 22.7 Å². The second-order valence-corrected chi connectivity index (χ2v) is 4.60. The maximum absolute atomic E-state index is 11.3.